The number of amides is 3. The molecule has 52 heavy (non-hydrogen) atoms. The van der Waals surface area contributed by atoms with Crippen LogP contribution in [0, 0.1) is 39.1 Å². The fourth-order valence-corrected chi connectivity index (χ4v) is 7.83. The summed E-state index contributed by atoms with van der Waals surface area (Å²) in [5, 5.41) is 6.49. The SMILES string of the molecule is [C-]#[N+]C1(c2ccc(N(CCC(C)CCCc3cc4c(cc3F)CN(C3CCC(=O)NC3=O)C4=O)c3cc(-c4c(C)noc4C)ccc3C)cc2)CC1. The molecule has 1 aromatic heterocycles. The molecule has 2 unspecified atom stereocenters. The number of nitrogens with one attached hydrogen (secondary N) is 1. The average molecular weight is 702 g/mol. The van der Waals surface area contributed by atoms with Crippen molar-refractivity contribution in [2.24, 2.45) is 5.92 Å². The molecule has 1 saturated carbocycles. The highest BCUT2D eigenvalue weighted by molar-refractivity contribution is 6.05. The number of nitrogens with zero attached hydrogens (tertiary/aromatic N) is 4. The fraction of sp³-hybridized carbons (Fsp3) is 0.405. The number of imide groups is 1. The molecular weight excluding hydrogens is 657 g/mol. The van der Waals surface area contributed by atoms with Crippen LogP contribution >= 0.6 is 0 Å². The minimum atomic E-state index is -0.724. The molecule has 268 valence electrons. The number of benzene rings is 3. The molecule has 2 fully saturated rings. The maximum absolute atomic E-state index is 15.3. The summed E-state index contributed by atoms with van der Waals surface area (Å²) in [6.45, 7) is 16.9. The summed E-state index contributed by atoms with van der Waals surface area (Å²) in [4.78, 5) is 45.1. The summed E-state index contributed by atoms with van der Waals surface area (Å²) in [6, 6.07) is 17.3. The van der Waals surface area contributed by atoms with Gasteiger partial charge in [0, 0.05) is 60.4 Å². The molecule has 4 aromatic rings. The van der Waals surface area contributed by atoms with Crippen molar-refractivity contribution in [3.63, 3.8) is 0 Å². The first kappa shape index (κ1) is 35.1. The summed E-state index contributed by atoms with van der Waals surface area (Å²) < 4.78 is 20.8. The van der Waals surface area contributed by atoms with Crippen molar-refractivity contribution in [3.05, 3.63) is 111 Å². The number of hydrogen-bond donors (Lipinski definition) is 1. The first-order valence-electron chi connectivity index (χ1n) is 18.2. The Hall–Kier alpha value is -5.30. The molecule has 0 spiro atoms. The Morgan fingerprint density at radius 3 is 2.52 bits per heavy atom. The molecule has 1 aliphatic carbocycles. The second kappa shape index (κ2) is 14.0. The molecule has 3 aliphatic rings. The van der Waals surface area contributed by atoms with Gasteiger partial charge >= 0.3 is 0 Å². The molecule has 3 heterocycles. The molecule has 3 aromatic carbocycles. The molecule has 0 radical (unpaired) electrons. The Balaban J connectivity index is 1.04. The number of halogens is 1. The van der Waals surface area contributed by atoms with E-state index in [-0.39, 0.29) is 42.6 Å². The first-order valence-corrected chi connectivity index (χ1v) is 18.2. The number of fused-ring (bicyclic) bond motifs is 1. The van der Waals surface area contributed by atoms with Gasteiger partial charge in [0.05, 0.1) is 5.69 Å². The van der Waals surface area contributed by atoms with Gasteiger partial charge in [0.2, 0.25) is 11.8 Å². The molecule has 2 aliphatic heterocycles. The van der Waals surface area contributed by atoms with Crippen LogP contribution in [-0.4, -0.2) is 40.4 Å². The lowest BCUT2D eigenvalue weighted by Crippen LogP contribution is -2.52. The highest BCUT2D eigenvalue weighted by atomic mass is 19.1. The summed E-state index contributed by atoms with van der Waals surface area (Å²) in [5.41, 5.74) is 8.43. The van der Waals surface area contributed by atoms with E-state index in [0.29, 0.717) is 29.0 Å². The smallest absolute Gasteiger partial charge is 0.258 e. The van der Waals surface area contributed by atoms with Crippen molar-refractivity contribution >= 4 is 29.1 Å². The number of rotatable bonds is 12. The van der Waals surface area contributed by atoms with E-state index in [2.05, 4.69) is 76.5 Å². The summed E-state index contributed by atoms with van der Waals surface area (Å²) in [5.74, 6) is -0.316. The topological polar surface area (TPSA) is 100 Å². The number of aryl methyl sites for hydroxylation is 4. The fourth-order valence-electron chi connectivity index (χ4n) is 7.83. The second-order valence-electron chi connectivity index (χ2n) is 14.8. The van der Waals surface area contributed by atoms with Gasteiger partial charge in [-0.2, -0.15) is 0 Å². The van der Waals surface area contributed by atoms with E-state index in [4.69, 9.17) is 11.1 Å². The molecule has 9 nitrogen and oxygen atoms in total. The minimum absolute atomic E-state index is 0.162. The molecule has 7 rings (SSSR count). The Morgan fingerprint density at radius 2 is 1.85 bits per heavy atom. The van der Waals surface area contributed by atoms with Crippen LogP contribution < -0.4 is 10.2 Å². The Morgan fingerprint density at radius 1 is 1.08 bits per heavy atom. The van der Waals surface area contributed by atoms with Crippen molar-refractivity contribution in [2.45, 2.75) is 97.2 Å². The largest absolute Gasteiger partial charge is 0.361 e. The third-order valence-corrected chi connectivity index (χ3v) is 11.2. The van der Waals surface area contributed by atoms with Gasteiger partial charge in [-0.3, -0.25) is 19.7 Å². The first-order chi connectivity index (χ1) is 25.0. The standard InChI is InChI=1S/C42H44FN5O4/c1-25(7-6-8-29-21-34-31(22-35(29)43)24-48(41(34)51)36-15-16-38(49)45-40(36)50)17-20-47(33-13-11-32(12-14-33)42(44-5)18-19-42)37-23-30(10-9-26(37)2)39-27(3)46-52-28(39)4/h9-14,21-23,25,36H,6-8,15-20,24H2,1-4H3,(H,45,49,50). The lowest BCUT2D eigenvalue weighted by Gasteiger charge is -2.29. The Bertz CT molecular complexity index is 2070. The van der Waals surface area contributed by atoms with Crippen LogP contribution in [0.25, 0.3) is 16.0 Å². The minimum Gasteiger partial charge on any atom is -0.361 e. The van der Waals surface area contributed by atoms with Crippen LogP contribution in [0.5, 0.6) is 0 Å². The molecule has 10 heteroatoms. The molecule has 2 atom stereocenters. The zero-order chi connectivity index (χ0) is 36.7. The van der Waals surface area contributed by atoms with E-state index in [1.807, 2.05) is 13.8 Å². The van der Waals surface area contributed by atoms with Crippen LogP contribution in [-0.2, 0) is 28.1 Å². The Kier molecular flexibility index (Phi) is 9.47. The average Bonchev–Trinajstić information content (AvgIpc) is 3.78. The molecule has 1 N–H and O–H groups in total. The van der Waals surface area contributed by atoms with Crippen LogP contribution in [0.1, 0.15) is 95.9 Å². The number of piperidine rings is 1. The van der Waals surface area contributed by atoms with E-state index in [0.717, 1.165) is 83.7 Å². The normalized spacial score (nSPS) is 18.2. The van der Waals surface area contributed by atoms with Crippen molar-refractivity contribution in [1.82, 2.24) is 15.4 Å². The zero-order valence-corrected chi connectivity index (χ0v) is 30.2. The van der Waals surface area contributed by atoms with Crippen molar-refractivity contribution in [2.75, 3.05) is 11.4 Å². The van der Waals surface area contributed by atoms with Crippen LogP contribution in [0.4, 0.5) is 15.8 Å². The predicted octanol–water partition coefficient (Wildman–Crippen LogP) is 8.26. The lowest BCUT2D eigenvalue weighted by molar-refractivity contribution is -0.136. The van der Waals surface area contributed by atoms with Gasteiger partial charge in [0.15, 0.2) is 0 Å². The van der Waals surface area contributed by atoms with Crippen LogP contribution in [0.3, 0.4) is 0 Å². The maximum atomic E-state index is 15.3. The van der Waals surface area contributed by atoms with E-state index < -0.39 is 11.9 Å². The van der Waals surface area contributed by atoms with Crippen LogP contribution in [0.2, 0.25) is 0 Å². The summed E-state index contributed by atoms with van der Waals surface area (Å²) in [6.07, 6.45) is 5.30. The number of carbonyl (C=O) groups is 3. The van der Waals surface area contributed by atoms with Crippen LogP contribution in [0.15, 0.2) is 59.1 Å². The summed E-state index contributed by atoms with van der Waals surface area (Å²) >= 11 is 0. The highest BCUT2D eigenvalue weighted by Gasteiger charge is 2.52. The molecule has 3 amide bonds. The molecular formula is C42H44FN5O4. The van der Waals surface area contributed by atoms with Gasteiger partial charge in [0.25, 0.3) is 11.4 Å². The third-order valence-electron chi connectivity index (χ3n) is 11.2. The zero-order valence-electron chi connectivity index (χ0n) is 30.2. The monoisotopic (exact) mass is 701 g/mol. The van der Waals surface area contributed by atoms with Gasteiger partial charge in [-0.1, -0.05) is 30.6 Å². The second-order valence-corrected chi connectivity index (χ2v) is 14.8. The van der Waals surface area contributed by atoms with Crippen molar-refractivity contribution < 1.29 is 23.3 Å². The van der Waals surface area contributed by atoms with Crippen molar-refractivity contribution in [3.8, 4) is 11.1 Å². The molecule has 0 bridgehead atoms. The number of carbonyl (C=O) groups excluding carboxylic acids is 3. The van der Waals surface area contributed by atoms with Gasteiger partial charge in [-0.15, -0.1) is 0 Å². The van der Waals surface area contributed by atoms with E-state index >= 15 is 4.39 Å². The van der Waals surface area contributed by atoms with Gasteiger partial charge < -0.3 is 19.2 Å². The lowest BCUT2D eigenvalue weighted by atomic mass is 9.95. The number of hydrogen-bond acceptors (Lipinski definition) is 6. The third kappa shape index (κ3) is 6.72. The Labute approximate surface area is 304 Å². The highest BCUT2D eigenvalue weighted by Crippen LogP contribution is 2.50. The quantitative estimate of drug-likeness (QED) is 0.118. The number of anilines is 2. The number of aromatic nitrogens is 1. The summed E-state index contributed by atoms with van der Waals surface area (Å²) in [7, 11) is 0. The van der Waals surface area contributed by atoms with E-state index in [9.17, 15) is 14.4 Å². The van der Waals surface area contributed by atoms with Gasteiger partial charge in [0.1, 0.15) is 17.6 Å². The molecule has 1 saturated heterocycles. The van der Waals surface area contributed by atoms with E-state index in [1.165, 1.54) is 11.0 Å². The van der Waals surface area contributed by atoms with Crippen molar-refractivity contribution in [1.29, 1.82) is 0 Å². The van der Waals surface area contributed by atoms with E-state index in [1.54, 1.807) is 6.07 Å². The maximum Gasteiger partial charge on any atom is 0.258 e. The predicted molar refractivity (Wildman–Crippen MR) is 196 cm³/mol. The van der Waals surface area contributed by atoms with Gasteiger partial charge in [-0.25, -0.2) is 11.0 Å². The van der Waals surface area contributed by atoms with Gasteiger partial charge in [-0.05, 0) is 117 Å².